The van der Waals surface area contributed by atoms with Crippen LogP contribution in [0.1, 0.15) is 103 Å². The minimum Gasteiger partial charge on any atom is -0.477 e. The van der Waals surface area contributed by atoms with Crippen molar-refractivity contribution in [1.82, 2.24) is 19.0 Å². The van der Waals surface area contributed by atoms with E-state index >= 15 is 4.39 Å². The summed E-state index contributed by atoms with van der Waals surface area (Å²) in [5.41, 5.74) is 3.14. The molecule has 3 N–H and O–H groups in total. The van der Waals surface area contributed by atoms with Gasteiger partial charge in [0.25, 0.3) is 5.56 Å². The number of allylic oxidation sites excluding steroid dienone is 1. The van der Waals surface area contributed by atoms with Crippen LogP contribution in [0.2, 0.25) is 0 Å². The first-order valence-corrected chi connectivity index (χ1v) is 19.0. The van der Waals surface area contributed by atoms with Crippen LogP contribution in [0.5, 0.6) is 0 Å². The van der Waals surface area contributed by atoms with E-state index in [2.05, 4.69) is 29.0 Å². The summed E-state index contributed by atoms with van der Waals surface area (Å²) >= 11 is 0. The maximum atomic E-state index is 15.7. The van der Waals surface area contributed by atoms with E-state index in [1.165, 1.54) is 28.0 Å². The zero-order chi connectivity index (χ0) is 36.5. The maximum Gasteiger partial charge on any atom is 0.341 e. The molecule has 52 heavy (non-hydrogen) atoms. The molecule has 12 heteroatoms. The smallest absolute Gasteiger partial charge is 0.341 e. The van der Waals surface area contributed by atoms with E-state index < -0.39 is 23.3 Å². The summed E-state index contributed by atoms with van der Waals surface area (Å²) in [6.45, 7) is 6.50. The van der Waals surface area contributed by atoms with Crippen molar-refractivity contribution in [1.29, 1.82) is 0 Å². The van der Waals surface area contributed by atoms with E-state index in [1.54, 1.807) is 6.08 Å². The summed E-state index contributed by atoms with van der Waals surface area (Å²) in [6.07, 6.45) is 11.3. The van der Waals surface area contributed by atoms with Gasteiger partial charge in [-0.25, -0.2) is 14.0 Å². The zero-order valence-corrected chi connectivity index (χ0v) is 30.2. The number of fused-ring (bicyclic) bond motifs is 2. The lowest BCUT2D eigenvalue weighted by Crippen LogP contribution is -2.35. The first-order chi connectivity index (χ1) is 25.1. The number of rotatable bonds is 12. The van der Waals surface area contributed by atoms with E-state index in [4.69, 9.17) is 4.74 Å². The number of ether oxygens (including phenoxy) is 1. The predicted molar refractivity (Wildman–Crippen MR) is 198 cm³/mol. The van der Waals surface area contributed by atoms with Crippen LogP contribution in [-0.4, -0.2) is 62.1 Å². The molecule has 1 aromatic carbocycles. The van der Waals surface area contributed by atoms with E-state index in [1.807, 2.05) is 22.8 Å². The number of hydrogen-bond donors (Lipinski definition) is 3. The van der Waals surface area contributed by atoms with Gasteiger partial charge in [-0.1, -0.05) is 32.3 Å². The number of anilines is 2. The van der Waals surface area contributed by atoms with Gasteiger partial charge >= 0.3 is 11.7 Å². The van der Waals surface area contributed by atoms with Crippen molar-refractivity contribution in [3.8, 4) is 0 Å². The normalized spacial score (nSPS) is 23.0. The van der Waals surface area contributed by atoms with Crippen molar-refractivity contribution in [2.45, 2.75) is 109 Å². The standard InChI is InChI=1S/C40H50FN5O6/c1-3-26-17-28(11-8-24(26)2)42-36-20-37(47)45(40(51)43-36)15-6-4-5-7-25-9-10-27-21-44(23-35(27)52-16-14-25)34-19-33-30(18-32(34)41)38(48)31(39(49)50)22-46(33)29-12-13-29/h8,11,17,19-20,22,25,27,29,32,35,42H,3-7,9-10,12-16,18,21,23H2,1-2H3,(H,43,51)(H,49,50). The Morgan fingerprint density at radius 1 is 1.06 bits per heavy atom. The number of aryl methyl sites for hydroxylation is 2. The number of aromatic nitrogens is 3. The molecular formula is C40H50FN5O6. The fourth-order valence-electron chi connectivity index (χ4n) is 8.42. The molecule has 2 saturated heterocycles. The Labute approximate surface area is 302 Å². The molecular weight excluding hydrogens is 665 g/mol. The minimum absolute atomic E-state index is 0.0270. The molecule has 4 unspecified atom stereocenters. The fourth-order valence-corrected chi connectivity index (χ4v) is 8.42. The summed E-state index contributed by atoms with van der Waals surface area (Å²) in [6, 6.07) is 7.59. The molecule has 0 amide bonds. The van der Waals surface area contributed by atoms with Crippen LogP contribution >= 0.6 is 0 Å². The molecule has 4 atom stereocenters. The van der Waals surface area contributed by atoms with Gasteiger partial charge in [-0.2, -0.15) is 0 Å². The van der Waals surface area contributed by atoms with E-state index in [9.17, 15) is 24.3 Å². The van der Waals surface area contributed by atoms with E-state index in [0.717, 1.165) is 69.9 Å². The number of unbranched alkanes of at least 4 members (excludes halogenated alkanes) is 2. The molecule has 11 nitrogen and oxygen atoms in total. The topological polar surface area (TPSA) is 139 Å². The third-order valence-electron chi connectivity index (χ3n) is 11.6. The van der Waals surface area contributed by atoms with Gasteiger partial charge in [-0.15, -0.1) is 0 Å². The van der Waals surface area contributed by atoms with Gasteiger partial charge in [0, 0.05) is 68.1 Å². The lowest BCUT2D eigenvalue weighted by Gasteiger charge is -2.30. The molecule has 1 saturated carbocycles. The highest BCUT2D eigenvalue weighted by atomic mass is 19.1. The first kappa shape index (κ1) is 35.9. The van der Waals surface area contributed by atoms with Gasteiger partial charge in [-0.3, -0.25) is 19.1 Å². The Balaban J connectivity index is 0.901. The van der Waals surface area contributed by atoms with Gasteiger partial charge in [0.1, 0.15) is 17.6 Å². The number of nitrogens with one attached hydrogen (secondary N) is 2. The van der Waals surface area contributed by atoms with Crippen molar-refractivity contribution in [3.63, 3.8) is 0 Å². The predicted octanol–water partition coefficient (Wildman–Crippen LogP) is 5.96. The highest BCUT2D eigenvalue weighted by Gasteiger charge is 2.40. The van der Waals surface area contributed by atoms with Gasteiger partial charge in [0.05, 0.1) is 17.5 Å². The second-order valence-electron chi connectivity index (χ2n) is 15.2. The molecule has 2 aliphatic heterocycles. The Morgan fingerprint density at radius 3 is 2.63 bits per heavy atom. The lowest BCUT2D eigenvalue weighted by molar-refractivity contribution is 0.0101. The molecule has 7 rings (SSSR count). The van der Waals surface area contributed by atoms with Crippen LogP contribution in [0.15, 0.2) is 50.5 Å². The first-order valence-electron chi connectivity index (χ1n) is 19.0. The van der Waals surface area contributed by atoms with Crippen molar-refractivity contribution in [2.24, 2.45) is 11.8 Å². The number of pyridine rings is 1. The number of likely N-dealkylation sites (tertiary alicyclic amines) is 1. The van der Waals surface area contributed by atoms with E-state index in [-0.39, 0.29) is 41.2 Å². The number of carbonyl (C=O) groups is 1. The SMILES string of the molecule is CCc1cc(Nc2cc(=O)n(CCCCCC3CCOC4CN(C5=Cc6c(c(=O)c(C(=O)O)cn6C6CC6)CC5F)CC4CC3)c(=O)[nH]2)ccc1C. The number of carboxylic acids is 1. The molecule has 0 bridgehead atoms. The molecule has 278 valence electrons. The van der Waals surface area contributed by atoms with Crippen LogP contribution in [0.3, 0.4) is 0 Å². The van der Waals surface area contributed by atoms with Crippen molar-refractivity contribution >= 4 is 23.6 Å². The number of nitrogens with zero attached hydrogens (tertiary/aromatic N) is 3. The molecule has 0 radical (unpaired) electrons. The molecule has 2 aromatic heterocycles. The van der Waals surface area contributed by atoms with E-state index in [0.29, 0.717) is 49.4 Å². The molecule has 4 aliphatic rings. The minimum atomic E-state index is -1.37. The Bertz CT molecular complexity index is 2000. The number of alkyl halides is 1. The third-order valence-corrected chi connectivity index (χ3v) is 11.6. The number of aromatic carboxylic acids is 1. The van der Waals surface area contributed by atoms with Crippen molar-refractivity contribution < 1.29 is 19.0 Å². The van der Waals surface area contributed by atoms with Gasteiger partial charge in [0.2, 0.25) is 0 Å². The second kappa shape index (κ2) is 15.3. The summed E-state index contributed by atoms with van der Waals surface area (Å²) in [4.78, 5) is 55.2. The number of hydrogen-bond acceptors (Lipinski definition) is 7. The van der Waals surface area contributed by atoms with Gasteiger partial charge in [0.15, 0.2) is 5.43 Å². The molecule has 0 spiro atoms. The van der Waals surface area contributed by atoms with Crippen molar-refractivity contribution in [3.05, 3.63) is 95.2 Å². The van der Waals surface area contributed by atoms with Gasteiger partial charge in [-0.05, 0) is 87.1 Å². The summed E-state index contributed by atoms with van der Waals surface area (Å²) in [5, 5.41) is 12.8. The van der Waals surface area contributed by atoms with Gasteiger partial charge < -0.3 is 24.6 Å². The maximum absolute atomic E-state index is 15.7. The van der Waals surface area contributed by atoms with Crippen LogP contribution in [0, 0.1) is 18.8 Å². The Kier molecular flexibility index (Phi) is 10.5. The monoisotopic (exact) mass is 715 g/mol. The summed E-state index contributed by atoms with van der Waals surface area (Å²) in [7, 11) is 0. The Hall–Kier alpha value is -4.45. The summed E-state index contributed by atoms with van der Waals surface area (Å²) < 4.78 is 25.3. The average Bonchev–Trinajstić information content (AvgIpc) is 3.88. The lowest BCUT2D eigenvalue weighted by atomic mass is 9.87. The van der Waals surface area contributed by atoms with Crippen LogP contribution < -0.4 is 22.0 Å². The zero-order valence-electron chi connectivity index (χ0n) is 30.2. The average molecular weight is 716 g/mol. The van der Waals surface area contributed by atoms with Crippen LogP contribution in [-0.2, 0) is 24.1 Å². The van der Waals surface area contributed by atoms with Crippen LogP contribution in [0.25, 0.3) is 6.08 Å². The highest BCUT2D eigenvalue weighted by Crippen LogP contribution is 2.40. The number of halogens is 1. The van der Waals surface area contributed by atoms with Crippen LogP contribution in [0.4, 0.5) is 15.9 Å². The number of H-pyrrole nitrogens is 1. The molecule has 2 aliphatic carbocycles. The molecule has 3 fully saturated rings. The Morgan fingerprint density at radius 2 is 1.88 bits per heavy atom. The third kappa shape index (κ3) is 7.67. The van der Waals surface area contributed by atoms with Crippen molar-refractivity contribution in [2.75, 3.05) is 25.0 Å². The number of aromatic amines is 1. The quantitative estimate of drug-likeness (QED) is 0.196. The number of carboxylic acid groups (broad SMARTS) is 1. The highest BCUT2D eigenvalue weighted by molar-refractivity contribution is 5.88. The fraction of sp³-hybridized carbons (Fsp3) is 0.550. The number of benzene rings is 1. The summed E-state index contributed by atoms with van der Waals surface area (Å²) in [5.74, 6) is -0.0798. The molecule has 3 aromatic rings. The second-order valence-corrected chi connectivity index (χ2v) is 15.2. The molecule has 4 heterocycles. The largest absolute Gasteiger partial charge is 0.477 e.